The first-order valence-electron chi connectivity index (χ1n) is 10.9. The molecule has 3 aromatic heterocycles. The van der Waals surface area contributed by atoms with E-state index in [4.69, 9.17) is 11.6 Å². The predicted octanol–water partition coefficient (Wildman–Crippen LogP) is 4.31. The van der Waals surface area contributed by atoms with Crippen molar-refractivity contribution in [3.8, 4) is 0 Å². The van der Waals surface area contributed by atoms with E-state index in [1.165, 1.54) is 17.4 Å². The van der Waals surface area contributed by atoms with Crippen molar-refractivity contribution < 1.29 is 14.0 Å². The highest BCUT2D eigenvalue weighted by Gasteiger charge is 2.34. The van der Waals surface area contributed by atoms with Crippen molar-refractivity contribution in [1.29, 1.82) is 0 Å². The van der Waals surface area contributed by atoms with Crippen LogP contribution in [0.1, 0.15) is 39.4 Å². The average Bonchev–Trinajstić information content (AvgIpc) is 3.29. The van der Waals surface area contributed by atoms with E-state index in [0.29, 0.717) is 45.1 Å². The molecule has 1 saturated heterocycles. The number of thiophene rings is 1. The molecule has 0 aliphatic carbocycles. The second-order valence-corrected chi connectivity index (χ2v) is 9.57. The van der Waals surface area contributed by atoms with Gasteiger partial charge in [-0.25, -0.2) is 14.4 Å². The Morgan fingerprint density at radius 1 is 1.17 bits per heavy atom. The van der Waals surface area contributed by atoms with Gasteiger partial charge in [0, 0.05) is 29.9 Å². The highest BCUT2D eigenvalue weighted by atomic mass is 35.5. The number of likely N-dealkylation sites (tertiary alicyclic amines) is 1. The van der Waals surface area contributed by atoms with Crippen molar-refractivity contribution in [3.63, 3.8) is 0 Å². The SMILES string of the molecule is CC(Nc1nc(C(=O)N2CC(NC(=O)c3ccc(Cl)cc3)C2)c2sccc2n1)c1cncc(F)c1. The van der Waals surface area contributed by atoms with E-state index in [9.17, 15) is 14.0 Å². The number of fused-ring (bicyclic) bond motifs is 1. The number of benzene rings is 1. The van der Waals surface area contributed by atoms with Gasteiger partial charge in [0.15, 0.2) is 5.69 Å². The molecule has 1 aromatic carbocycles. The van der Waals surface area contributed by atoms with Crippen LogP contribution in [0.4, 0.5) is 10.3 Å². The zero-order valence-corrected chi connectivity index (χ0v) is 20.1. The first kappa shape index (κ1) is 23.1. The van der Waals surface area contributed by atoms with Gasteiger partial charge in [0.1, 0.15) is 5.82 Å². The third kappa shape index (κ3) is 4.94. The zero-order valence-electron chi connectivity index (χ0n) is 18.5. The molecule has 1 aliphatic rings. The van der Waals surface area contributed by atoms with Crippen LogP contribution in [0.2, 0.25) is 5.02 Å². The second-order valence-electron chi connectivity index (χ2n) is 8.22. The molecule has 1 atom stereocenters. The second kappa shape index (κ2) is 9.55. The minimum Gasteiger partial charge on any atom is -0.348 e. The Morgan fingerprint density at radius 2 is 1.94 bits per heavy atom. The average molecular weight is 511 g/mol. The number of nitrogens with one attached hydrogen (secondary N) is 2. The van der Waals surface area contributed by atoms with E-state index in [-0.39, 0.29) is 29.8 Å². The fourth-order valence-corrected chi connectivity index (χ4v) is 4.71. The summed E-state index contributed by atoms with van der Waals surface area (Å²) >= 11 is 7.26. The van der Waals surface area contributed by atoms with Gasteiger partial charge < -0.3 is 15.5 Å². The number of rotatable bonds is 6. The van der Waals surface area contributed by atoms with E-state index in [1.54, 1.807) is 35.4 Å². The maximum absolute atomic E-state index is 13.6. The Labute approximate surface area is 209 Å². The molecule has 178 valence electrons. The number of carbonyl (C=O) groups is 2. The highest BCUT2D eigenvalue weighted by molar-refractivity contribution is 7.17. The van der Waals surface area contributed by atoms with Crippen molar-refractivity contribution in [2.24, 2.45) is 0 Å². The van der Waals surface area contributed by atoms with E-state index in [1.807, 2.05) is 18.4 Å². The fourth-order valence-electron chi connectivity index (χ4n) is 3.77. The molecule has 2 amide bonds. The maximum Gasteiger partial charge on any atom is 0.274 e. The van der Waals surface area contributed by atoms with Crippen molar-refractivity contribution in [2.45, 2.75) is 19.0 Å². The van der Waals surface area contributed by atoms with E-state index < -0.39 is 5.82 Å². The van der Waals surface area contributed by atoms with Crippen LogP contribution in [-0.2, 0) is 0 Å². The molecule has 1 aliphatic heterocycles. The zero-order chi connectivity index (χ0) is 24.5. The van der Waals surface area contributed by atoms with Crippen molar-refractivity contribution in [3.05, 3.63) is 81.8 Å². The lowest BCUT2D eigenvalue weighted by atomic mass is 10.1. The predicted molar refractivity (Wildman–Crippen MR) is 132 cm³/mol. The van der Waals surface area contributed by atoms with Crippen LogP contribution < -0.4 is 10.6 Å². The van der Waals surface area contributed by atoms with Crippen LogP contribution in [0.25, 0.3) is 10.2 Å². The van der Waals surface area contributed by atoms with Crippen LogP contribution in [0.5, 0.6) is 0 Å². The smallest absolute Gasteiger partial charge is 0.274 e. The van der Waals surface area contributed by atoms with E-state index >= 15 is 0 Å². The topological polar surface area (TPSA) is 100 Å². The summed E-state index contributed by atoms with van der Waals surface area (Å²) in [6.07, 6.45) is 2.70. The fraction of sp³-hybridized carbons (Fsp3) is 0.208. The molecule has 2 N–H and O–H groups in total. The Kier molecular flexibility index (Phi) is 6.31. The molecule has 1 unspecified atom stereocenters. The van der Waals surface area contributed by atoms with Crippen LogP contribution in [0.3, 0.4) is 0 Å². The maximum atomic E-state index is 13.6. The molecule has 8 nitrogen and oxygen atoms in total. The van der Waals surface area contributed by atoms with Crippen LogP contribution in [0.15, 0.2) is 54.2 Å². The summed E-state index contributed by atoms with van der Waals surface area (Å²) in [5.74, 6) is -0.616. The lowest BCUT2D eigenvalue weighted by molar-refractivity contribution is 0.0539. The summed E-state index contributed by atoms with van der Waals surface area (Å²) in [5.41, 5.74) is 2.08. The number of halogens is 2. The van der Waals surface area contributed by atoms with E-state index in [0.717, 1.165) is 6.20 Å². The molecule has 0 saturated carbocycles. The number of pyridine rings is 1. The van der Waals surface area contributed by atoms with Gasteiger partial charge in [0.05, 0.1) is 28.5 Å². The van der Waals surface area contributed by atoms with Gasteiger partial charge in [-0.1, -0.05) is 11.6 Å². The van der Waals surface area contributed by atoms with Crippen molar-refractivity contribution in [2.75, 3.05) is 18.4 Å². The Morgan fingerprint density at radius 3 is 2.69 bits per heavy atom. The molecule has 1 fully saturated rings. The normalized spacial score (nSPS) is 14.4. The minimum absolute atomic E-state index is 0.152. The van der Waals surface area contributed by atoms with Crippen LogP contribution in [-0.4, -0.2) is 50.8 Å². The van der Waals surface area contributed by atoms with Gasteiger partial charge in [-0.2, -0.15) is 0 Å². The third-order valence-electron chi connectivity index (χ3n) is 5.69. The number of hydrogen-bond acceptors (Lipinski definition) is 7. The van der Waals surface area contributed by atoms with Gasteiger partial charge in [-0.15, -0.1) is 11.3 Å². The van der Waals surface area contributed by atoms with Gasteiger partial charge in [0.2, 0.25) is 5.95 Å². The quantitative estimate of drug-likeness (QED) is 0.401. The number of carbonyl (C=O) groups excluding carboxylic acids is 2. The summed E-state index contributed by atoms with van der Waals surface area (Å²) < 4.78 is 14.2. The Balaban J connectivity index is 1.28. The molecule has 11 heteroatoms. The largest absolute Gasteiger partial charge is 0.348 e. The van der Waals surface area contributed by atoms with Crippen molar-refractivity contribution >= 4 is 50.9 Å². The Hall–Kier alpha value is -3.63. The summed E-state index contributed by atoms with van der Waals surface area (Å²) in [7, 11) is 0. The number of anilines is 1. The van der Waals surface area contributed by atoms with Gasteiger partial charge in [-0.05, 0) is 54.3 Å². The lowest BCUT2D eigenvalue weighted by Gasteiger charge is -2.39. The summed E-state index contributed by atoms with van der Waals surface area (Å²) in [6, 6.07) is 9.36. The lowest BCUT2D eigenvalue weighted by Crippen LogP contribution is -2.61. The van der Waals surface area contributed by atoms with Crippen molar-refractivity contribution in [1.82, 2.24) is 25.2 Å². The van der Waals surface area contributed by atoms with E-state index in [2.05, 4.69) is 25.6 Å². The highest BCUT2D eigenvalue weighted by Crippen LogP contribution is 2.27. The molecule has 0 bridgehead atoms. The number of nitrogens with zero attached hydrogens (tertiary/aromatic N) is 4. The molecule has 5 rings (SSSR count). The van der Waals surface area contributed by atoms with Crippen LogP contribution >= 0.6 is 22.9 Å². The number of aromatic nitrogens is 3. The third-order valence-corrected chi connectivity index (χ3v) is 6.85. The summed E-state index contributed by atoms with van der Waals surface area (Å²) in [5, 5.41) is 8.47. The number of amides is 2. The van der Waals surface area contributed by atoms with Gasteiger partial charge in [0.25, 0.3) is 11.8 Å². The van der Waals surface area contributed by atoms with Crippen LogP contribution in [0, 0.1) is 5.82 Å². The molecule has 35 heavy (non-hydrogen) atoms. The first-order chi connectivity index (χ1) is 16.9. The standard InChI is InChI=1S/C24H20ClFN6O2S/c1-13(15-8-17(26)10-27-9-15)28-24-30-19-6-7-35-21(19)20(31-24)23(34)32-11-18(12-32)29-22(33)14-2-4-16(25)5-3-14/h2-10,13,18H,11-12H2,1H3,(H,29,33)(H,28,30,31). The molecule has 0 radical (unpaired) electrons. The Bertz CT molecular complexity index is 1410. The monoisotopic (exact) mass is 510 g/mol. The van der Waals surface area contributed by atoms with Gasteiger partial charge >= 0.3 is 0 Å². The molecule has 0 spiro atoms. The van der Waals surface area contributed by atoms with Gasteiger partial charge in [-0.3, -0.25) is 14.6 Å². The molecule has 4 aromatic rings. The molecule has 4 heterocycles. The molecular formula is C24H20ClFN6O2S. The first-order valence-corrected chi connectivity index (χ1v) is 12.1. The summed E-state index contributed by atoms with van der Waals surface area (Å²) in [4.78, 5) is 40.2. The minimum atomic E-state index is -0.434. The summed E-state index contributed by atoms with van der Waals surface area (Å²) in [6.45, 7) is 2.59. The number of hydrogen-bond donors (Lipinski definition) is 2. The molecular weight excluding hydrogens is 491 g/mol.